The second-order valence-electron chi connectivity index (χ2n) is 17.4. The first kappa shape index (κ1) is 38.7. The molecule has 0 spiro atoms. The molecule has 5 aliphatic rings. The predicted molar refractivity (Wildman–Crippen MR) is 205 cm³/mol. The third-order valence-corrected chi connectivity index (χ3v) is 13.3. The number of aliphatic hydroxyl groups excluding tert-OH is 1. The number of carbonyl (C=O) groups is 2. The van der Waals surface area contributed by atoms with Crippen molar-refractivity contribution < 1.29 is 29.3 Å². The van der Waals surface area contributed by atoms with Gasteiger partial charge in [0.1, 0.15) is 6.10 Å². The van der Waals surface area contributed by atoms with Crippen LogP contribution in [0.15, 0.2) is 60.2 Å². The van der Waals surface area contributed by atoms with Crippen molar-refractivity contribution in [3.8, 4) is 0 Å². The van der Waals surface area contributed by atoms with Gasteiger partial charge in [0.25, 0.3) is 0 Å². The zero-order chi connectivity index (χ0) is 37.0. The summed E-state index contributed by atoms with van der Waals surface area (Å²) in [6, 6.07) is 15.5. The van der Waals surface area contributed by atoms with E-state index in [1.165, 1.54) is 5.57 Å². The Morgan fingerprint density at radius 2 is 1.83 bits per heavy atom. The minimum absolute atomic E-state index is 0.0439. The molecule has 2 aromatic carbocycles. The van der Waals surface area contributed by atoms with Gasteiger partial charge in [0.2, 0.25) is 0 Å². The van der Waals surface area contributed by atoms with Crippen molar-refractivity contribution in [2.45, 2.75) is 141 Å². The molecule has 7 nitrogen and oxygen atoms in total. The average Bonchev–Trinajstić information content (AvgIpc) is 3.72. The minimum Gasteiger partial charge on any atom is -0.446 e. The summed E-state index contributed by atoms with van der Waals surface area (Å²) in [5.74, 6) is 1.07. The van der Waals surface area contributed by atoms with Gasteiger partial charge in [0, 0.05) is 23.1 Å². The molecule has 2 N–H and O–H groups in total. The highest BCUT2D eigenvalue weighted by molar-refractivity contribution is 6.10. The normalized spacial score (nSPS) is 32.6. The molecular weight excluding hydrogens is 650 g/mol. The Labute approximate surface area is 312 Å². The lowest BCUT2D eigenvalue weighted by Crippen LogP contribution is -2.55. The number of carbonyl (C=O) groups excluding carboxylic acids is 2. The Morgan fingerprint density at radius 3 is 2.56 bits per heavy atom. The minimum atomic E-state index is -1.23. The third kappa shape index (κ3) is 8.53. The summed E-state index contributed by atoms with van der Waals surface area (Å²) < 4.78 is 12.5. The number of hydrogen-bond donors (Lipinski definition) is 2. The van der Waals surface area contributed by atoms with Gasteiger partial charge >= 0.3 is 6.09 Å². The second kappa shape index (κ2) is 16.6. The monoisotopic (exact) mass is 713 g/mol. The van der Waals surface area contributed by atoms with Gasteiger partial charge in [-0.15, -0.1) is 0 Å². The van der Waals surface area contributed by atoms with Crippen LogP contribution in [-0.4, -0.2) is 70.6 Å². The standard InChI is InChI=1S/C45H63NO6/c1-30(2)37-19-16-32(4)25-41(37)52-43(49)46(28-36-14-10-24-51-36)29-45(50)23-21-40-38-20-17-33(27-39(38)42(48)34-12-7-6-8-13-34)26-35(47)18-15-31(3)11-9-22-44(40,45)5/h6-8,11-13,17,20,27,30,32,35-37,40-41,47,50H,9-10,14-16,18-19,21-26,28-29H2,1-5H3/t32-,35-,36+,37+,40-,41-,44-,45+/m0/s1. The number of rotatable bonds is 8. The number of ether oxygens (including phenoxy) is 2. The summed E-state index contributed by atoms with van der Waals surface area (Å²) in [6.45, 7) is 12.2. The summed E-state index contributed by atoms with van der Waals surface area (Å²) in [5.41, 5.74) is 2.49. The van der Waals surface area contributed by atoms with Gasteiger partial charge in [-0.3, -0.25) is 4.79 Å². The molecule has 1 amide bonds. The molecule has 7 heteroatoms. The zero-order valence-electron chi connectivity index (χ0n) is 32.3. The fourth-order valence-electron chi connectivity index (χ4n) is 9.95. The summed E-state index contributed by atoms with van der Waals surface area (Å²) in [5, 5.41) is 24.1. The lowest BCUT2D eigenvalue weighted by atomic mass is 9.64. The van der Waals surface area contributed by atoms with Gasteiger partial charge in [-0.1, -0.05) is 88.2 Å². The molecule has 2 bridgehead atoms. The Morgan fingerprint density at radius 1 is 1.04 bits per heavy atom. The highest BCUT2D eigenvalue weighted by Gasteiger charge is 2.58. The summed E-state index contributed by atoms with van der Waals surface area (Å²) in [4.78, 5) is 30.4. The van der Waals surface area contributed by atoms with Crippen LogP contribution in [0.2, 0.25) is 0 Å². The molecular formula is C45H63NO6. The zero-order valence-corrected chi connectivity index (χ0v) is 32.3. The number of ketones is 1. The fraction of sp³-hybridized carbons (Fsp3) is 0.644. The molecule has 0 aromatic heterocycles. The molecule has 1 aliphatic heterocycles. The van der Waals surface area contributed by atoms with Crippen molar-refractivity contribution in [1.29, 1.82) is 0 Å². The van der Waals surface area contributed by atoms with Crippen LogP contribution in [-0.2, 0) is 15.9 Å². The van der Waals surface area contributed by atoms with Gasteiger partial charge in [-0.2, -0.15) is 0 Å². The van der Waals surface area contributed by atoms with Crippen LogP contribution in [0.1, 0.15) is 138 Å². The molecule has 2 saturated carbocycles. The van der Waals surface area contributed by atoms with Crippen LogP contribution in [0.4, 0.5) is 4.79 Å². The molecule has 0 unspecified atom stereocenters. The van der Waals surface area contributed by atoms with Crippen molar-refractivity contribution in [3.63, 3.8) is 0 Å². The molecule has 8 atom stereocenters. The summed E-state index contributed by atoms with van der Waals surface area (Å²) in [6.07, 6.45) is 10.6. The molecule has 52 heavy (non-hydrogen) atoms. The SMILES string of the molecule is CC1=CCC[C@@]2(C)[C@@H](CC[C@@]2(O)CN(C[C@H]2CCCO2)C(=O)O[C@H]2C[C@@H](C)CC[C@@H]2C(C)C)c2ccc(cc2C(=O)c2ccccc2)C[C@@H](O)CC1. The molecule has 1 saturated heterocycles. The van der Waals surface area contributed by atoms with Gasteiger partial charge < -0.3 is 24.6 Å². The first-order valence-electron chi connectivity index (χ1n) is 20.2. The Kier molecular flexibility index (Phi) is 12.3. The van der Waals surface area contributed by atoms with Gasteiger partial charge in [0.05, 0.1) is 30.9 Å². The second-order valence-corrected chi connectivity index (χ2v) is 17.4. The Bertz CT molecular complexity index is 1560. The highest BCUT2D eigenvalue weighted by Crippen LogP contribution is 2.59. The predicted octanol–water partition coefficient (Wildman–Crippen LogP) is 9.03. The number of aliphatic hydroxyl groups is 2. The van der Waals surface area contributed by atoms with E-state index < -0.39 is 17.1 Å². The lowest BCUT2D eigenvalue weighted by Gasteiger charge is -2.46. The maximum atomic E-state index is 14.4. The van der Waals surface area contributed by atoms with Crippen molar-refractivity contribution in [3.05, 3.63) is 82.4 Å². The molecule has 284 valence electrons. The number of hydrogen-bond acceptors (Lipinski definition) is 6. The summed E-state index contributed by atoms with van der Waals surface area (Å²) in [7, 11) is 0. The molecule has 4 aliphatic carbocycles. The van der Waals surface area contributed by atoms with Crippen LogP contribution in [0, 0.1) is 23.2 Å². The Hall–Kier alpha value is -3.00. The number of benzene rings is 2. The van der Waals surface area contributed by atoms with E-state index in [0.29, 0.717) is 74.1 Å². The fourth-order valence-corrected chi connectivity index (χ4v) is 9.95. The quantitative estimate of drug-likeness (QED) is 0.209. The number of allylic oxidation sites excluding steroid dienone is 2. The maximum Gasteiger partial charge on any atom is 0.410 e. The van der Waals surface area contributed by atoms with Crippen LogP contribution < -0.4 is 0 Å². The highest BCUT2D eigenvalue weighted by atomic mass is 16.6. The number of nitrogens with zero attached hydrogens (tertiary/aromatic N) is 1. The van der Waals surface area contributed by atoms with Crippen molar-refractivity contribution in [1.82, 2.24) is 4.90 Å². The average molecular weight is 714 g/mol. The maximum absolute atomic E-state index is 14.4. The molecule has 7 rings (SSSR count). The van der Waals surface area contributed by atoms with E-state index in [-0.39, 0.29) is 36.5 Å². The number of fused-ring (bicyclic) bond motifs is 8. The van der Waals surface area contributed by atoms with Crippen molar-refractivity contribution in [2.24, 2.45) is 23.2 Å². The lowest BCUT2D eigenvalue weighted by molar-refractivity contribution is -0.0908. The first-order valence-corrected chi connectivity index (χ1v) is 20.2. The first-order chi connectivity index (χ1) is 24.9. The van der Waals surface area contributed by atoms with Crippen LogP contribution >= 0.6 is 0 Å². The molecule has 2 aromatic rings. The van der Waals surface area contributed by atoms with Crippen LogP contribution in [0.25, 0.3) is 0 Å². The van der Waals surface area contributed by atoms with Gasteiger partial charge in [0.15, 0.2) is 5.78 Å². The van der Waals surface area contributed by atoms with E-state index in [1.54, 1.807) is 4.90 Å². The van der Waals surface area contributed by atoms with Gasteiger partial charge in [-0.25, -0.2) is 4.79 Å². The van der Waals surface area contributed by atoms with Crippen LogP contribution in [0.5, 0.6) is 0 Å². The van der Waals surface area contributed by atoms with Crippen molar-refractivity contribution in [2.75, 3.05) is 19.7 Å². The largest absolute Gasteiger partial charge is 0.446 e. The molecule has 0 radical (unpaired) electrons. The van der Waals surface area contributed by atoms with Crippen molar-refractivity contribution >= 4 is 11.9 Å². The van der Waals surface area contributed by atoms with E-state index in [2.05, 4.69) is 52.8 Å². The van der Waals surface area contributed by atoms with E-state index in [9.17, 15) is 19.8 Å². The smallest absolute Gasteiger partial charge is 0.410 e. The molecule has 3 fully saturated rings. The van der Waals surface area contributed by atoms with E-state index in [1.807, 2.05) is 36.4 Å². The van der Waals surface area contributed by atoms with E-state index >= 15 is 0 Å². The topological polar surface area (TPSA) is 96.3 Å². The van der Waals surface area contributed by atoms with Gasteiger partial charge in [-0.05, 0) is 118 Å². The Balaban J connectivity index is 1.37. The van der Waals surface area contributed by atoms with E-state index in [4.69, 9.17) is 9.47 Å². The number of amides is 1. The van der Waals surface area contributed by atoms with Crippen LogP contribution in [0.3, 0.4) is 0 Å². The third-order valence-electron chi connectivity index (χ3n) is 13.3. The van der Waals surface area contributed by atoms with E-state index in [0.717, 1.165) is 56.1 Å². The summed E-state index contributed by atoms with van der Waals surface area (Å²) >= 11 is 0. The molecule has 1 heterocycles.